The number of rotatable bonds is 2. The summed E-state index contributed by atoms with van der Waals surface area (Å²) >= 11 is 3.86. The van der Waals surface area contributed by atoms with Crippen molar-refractivity contribution in [3.63, 3.8) is 0 Å². The fraction of sp³-hybridized carbons (Fsp3) is 0.500. The maximum Gasteiger partial charge on any atom is 0.0439 e. The topological polar surface area (TPSA) is 12.0 Å². The van der Waals surface area contributed by atoms with Crippen molar-refractivity contribution in [3.05, 3.63) is 29.3 Å². The molecule has 1 heterocycles. The molecule has 1 aliphatic heterocycles. The average molecular weight is 239 g/mol. The fourth-order valence-electron chi connectivity index (χ4n) is 2.08. The van der Waals surface area contributed by atoms with Crippen LogP contribution in [0.25, 0.3) is 0 Å². The summed E-state index contributed by atoms with van der Waals surface area (Å²) in [7, 11) is 2.06. The first-order valence-corrected chi connectivity index (χ1v) is 7.49. The molecule has 1 aromatic rings. The molecule has 15 heavy (non-hydrogen) atoms. The van der Waals surface area contributed by atoms with Crippen LogP contribution in [0.5, 0.6) is 0 Å². The van der Waals surface area contributed by atoms with E-state index in [1.54, 1.807) is 0 Å². The maximum absolute atomic E-state index is 3.43. The molecule has 0 saturated carbocycles. The van der Waals surface area contributed by atoms with E-state index in [0.717, 1.165) is 5.75 Å². The van der Waals surface area contributed by atoms with Gasteiger partial charge in [0.05, 0.1) is 0 Å². The largest absolute Gasteiger partial charge is 0.312 e. The third kappa shape index (κ3) is 2.19. The highest BCUT2D eigenvalue weighted by Crippen LogP contribution is 2.38. The maximum atomic E-state index is 3.43. The molecule has 2 unspecified atom stereocenters. The van der Waals surface area contributed by atoms with E-state index in [2.05, 4.69) is 43.7 Å². The van der Waals surface area contributed by atoms with E-state index < -0.39 is 0 Å². The van der Waals surface area contributed by atoms with Gasteiger partial charge in [0.15, 0.2) is 0 Å². The standard InChI is InChI=1S/C12H17NS2/c1-8-12(13-2)11-6-10(14-3)5-4-9(11)7-15-8/h4-6,8,12-13H,7H2,1-3H3. The summed E-state index contributed by atoms with van der Waals surface area (Å²) in [6, 6.07) is 7.36. The van der Waals surface area contributed by atoms with E-state index in [0.29, 0.717) is 11.3 Å². The lowest BCUT2D eigenvalue weighted by Gasteiger charge is -2.31. The molecule has 3 heteroatoms. The highest BCUT2D eigenvalue weighted by atomic mass is 32.2. The van der Waals surface area contributed by atoms with Crippen LogP contribution in [0.2, 0.25) is 0 Å². The number of nitrogens with one attached hydrogen (secondary N) is 1. The van der Waals surface area contributed by atoms with Gasteiger partial charge in [-0.25, -0.2) is 0 Å². The van der Waals surface area contributed by atoms with Crippen LogP contribution >= 0.6 is 23.5 Å². The molecule has 1 aliphatic rings. The molecule has 2 rings (SSSR count). The summed E-state index contributed by atoms with van der Waals surface area (Å²) in [5.41, 5.74) is 2.99. The van der Waals surface area contributed by atoms with E-state index >= 15 is 0 Å². The van der Waals surface area contributed by atoms with Crippen molar-refractivity contribution in [2.75, 3.05) is 13.3 Å². The highest BCUT2D eigenvalue weighted by Gasteiger charge is 2.25. The van der Waals surface area contributed by atoms with Gasteiger partial charge in [-0.15, -0.1) is 11.8 Å². The van der Waals surface area contributed by atoms with Gasteiger partial charge in [-0.3, -0.25) is 0 Å². The van der Waals surface area contributed by atoms with E-state index in [4.69, 9.17) is 0 Å². The molecule has 1 aromatic carbocycles. The number of hydrogen-bond acceptors (Lipinski definition) is 3. The van der Waals surface area contributed by atoms with Gasteiger partial charge in [-0.1, -0.05) is 13.0 Å². The molecule has 0 saturated heterocycles. The van der Waals surface area contributed by atoms with Gasteiger partial charge in [0.25, 0.3) is 0 Å². The molecule has 1 N–H and O–H groups in total. The first kappa shape index (κ1) is 11.4. The smallest absolute Gasteiger partial charge is 0.0439 e. The van der Waals surface area contributed by atoms with Crippen LogP contribution in [0.1, 0.15) is 24.1 Å². The Morgan fingerprint density at radius 2 is 2.27 bits per heavy atom. The molecule has 1 nitrogen and oxygen atoms in total. The van der Waals surface area contributed by atoms with E-state index in [9.17, 15) is 0 Å². The fourth-order valence-corrected chi connectivity index (χ4v) is 3.71. The second-order valence-corrected chi connectivity index (χ2v) is 6.09. The minimum absolute atomic E-state index is 0.505. The van der Waals surface area contributed by atoms with E-state index in [-0.39, 0.29) is 0 Å². The van der Waals surface area contributed by atoms with Gasteiger partial charge in [-0.2, -0.15) is 11.8 Å². The Hall–Kier alpha value is -0.120. The van der Waals surface area contributed by atoms with Crippen molar-refractivity contribution in [1.82, 2.24) is 5.32 Å². The monoisotopic (exact) mass is 239 g/mol. The van der Waals surface area contributed by atoms with Crippen LogP contribution in [-0.4, -0.2) is 18.6 Å². The third-order valence-corrected chi connectivity index (χ3v) is 4.97. The average Bonchev–Trinajstić information content (AvgIpc) is 2.28. The lowest BCUT2D eigenvalue weighted by atomic mass is 9.98. The third-order valence-electron chi connectivity index (χ3n) is 2.97. The molecule has 0 spiro atoms. The van der Waals surface area contributed by atoms with Crippen LogP contribution < -0.4 is 5.32 Å². The quantitative estimate of drug-likeness (QED) is 0.795. The van der Waals surface area contributed by atoms with Crippen molar-refractivity contribution in [2.45, 2.75) is 28.9 Å². The number of thioether (sulfide) groups is 2. The van der Waals surface area contributed by atoms with Gasteiger partial charge < -0.3 is 5.32 Å². The first-order chi connectivity index (χ1) is 7.26. The molecule has 0 aliphatic carbocycles. The summed E-state index contributed by atoms with van der Waals surface area (Å²) < 4.78 is 0. The zero-order valence-corrected chi connectivity index (χ0v) is 11.0. The van der Waals surface area contributed by atoms with E-state index in [1.807, 2.05) is 23.5 Å². The lowest BCUT2D eigenvalue weighted by Crippen LogP contribution is -2.29. The van der Waals surface area contributed by atoms with Crippen LogP contribution in [0.3, 0.4) is 0 Å². The van der Waals surface area contributed by atoms with Crippen molar-refractivity contribution >= 4 is 23.5 Å². The lowest BCUT2D eigenvalue weighted by molar-refractivity contribution is 0.578. The predicted molar refractivity (Wildman–Crippen MR) is 70.8 cm³/mol. The molecule has 0 amide bonds. The predicted octanol–water partition coefficient (Wildman–Crippen LogP) is 3.30. The summed E-state index contributed by atoms with van der Waals surface area (Å²) in [5, 5.41) is 4.10. The molecular formula is C12H17NS2. The number of benzene rings is 1. The second kappa shape index (κ2) is 4.81. The Morgan fingerprint density at radius 1 is 1.47 bits per heavy atom. The highest BCUT2D eigenvalue weighted by molar-refractivity contribution is 7.99. The SMILES string of the molecule is CNC1c2cc(SC)ccc2CSC1C. The second-order valence-electron chi connectivity index (χ2n) is 3.85. The minimum Gasteiger partial charge on any atom is -0.312 e. The zero-order valence-electron chi connectivity index (χ0n) is 9.41. The van der Waals surface area contributed by atoms with Crippen molar-refractivity contribution in [3.8, 4) is 0 Å². The normalized spacial score (nSPS) is 25.0. The summed E-state index contributed by atoms with van der Waals surface area (Å²) in [5.74, 6) is 1.16. The van der Waals surface area contributed by atoms with Gasteiger partial charge >= 0.3 is 0 Å². The molecule has 0 bridgehead atoms. The number of fused-ring (bicyclic) bond motifs is 1. The van der Waals surface area contributed by atoms with Crippen LogP contribution in [0.15, 0.2) is 23.1 Å². The minimum atomic E-state index is 0.505. The molecule has 0 fully saturated rings. The van der Waals surface area contributed by atoms with Crippen molar-refractivity contribution in [2.24, 2.45) is 0 Å². The molecule has 0 radical (unpaired) electrons. The molecule has 82 valence electrons. The number of hydrogen-bond donors (Lipinski definition) is 1. The van der Waals surface area contributed by atoms with Gasteiger partial charge in [0, 0.05) is 21.9 Å². The Bertz CT molecular complexity index is 351. The molecule has 0 aromatic heterocycles. The molecule has 2 atom stereocenters. The van der Waals surface area contributed by atoms with Crippen LogP contribution in [-0.2, 0) is 5.75 Å². The van der Waals surface area contributed by atoms with Gasteiger partial charge in [0.2, 0.25) is 0 Å². The van der Waals surface area contributed by atoms with Crippen LogP contribution in [0, 0.1) is 0 Å². The van der Waals surface area contributed by atoms with Crippen molar-refractivity contribution in [1.29, 1.82) is 0 Å². The van der Waals surface area contributed by atoms with Gasteiger partial charge in [0.1, 0.15) is 0 Å². The summed E-state index contributed by atoms with van der Waals surface area (Å²) in [6.45, 7) is 2.31. The van der Waals surface area contributed by atoms with Crippen LogP contribution in [0.4, 0.5) is 0 Å². The first-order valence-electron chi connectivity index (χ1n) is 5.22. The molecular weight excluding hydrogens is 222 g/mol. The Labute approximate surface area is 100 Å². The van der Waals surface area contributed by atoms with Crippen molar-refractivity contribution < 1.29 is 0 Å². The Balaban J connectivity index is 2.41. The Kier molecular flexibility index (Phi) is 3.65. The zero-order chi connectivity index (χ0) is 10.8. The Morgan fingerprint density at radius 3 is 2.93 bits per heavy atom. The van der Waals surface area contributed by atoms with E-state index in [1.165, 1.54) is 16.0 Å². The van der Waals surface area contributed by atoms with Gasteiger partial charge in [-0.05, 0) is 36.6 Å². The summed E-state index contributed by atoms with van der Waals surface area (Å²) in [4.78, 5) is 1.37. The summed E-state index contributed by atoms with van der Waals surface area (Å²) in [6.07, 6.45) is 2.14.